The SMILES string of the molecule is CCC(NCC(C)(C)C)c1nnc(C2CCCN2CC(C)(C)C)o1. The molecule has 5 nitrogen and oxygen atoms in total. The maximum absolute atomic E-state index is 6.10. The summed E-state index contributed by atoms with van der Waals surface area (Å²) in [5.41, 5.74) is 0.525. The molecule has 1 fully saturated rings. The molecule has 2 atom stereocenters. The highest BCUT2D eigenvalue weighted by molar-refractivity contribution is 4.98. The van der Waals surface area contributed by atoms with E-state index in [2.05, 4.69) is 68.9 Å². The van der Waals surface area contributed by atoms with Crippen molar-refractivity contribution in [3.8, 4) is 0 Å². The van der Waals surface area contributed by atoms with Crippen LogP contribution in [0.3, 0.4) is 0 Å². The molecular weight excluding hydrogens is 300 g/mol. The highest BCUT2D eigenvalue weighted by Gasteiger charge is 2.33. The topological polar surface area (TPSA) is 54.2 Å². The third-order valence-electron chi connectivity index (χ3n) is 4.37. The van der Waals surface area contributed by atoms with Gasteiger partial charge in [0, 0.05) is 13.1 Å². The van der Waals surface area contributed by atoms with E-state index in [1.165, 1.54) is 6.42 Å². The van der Waals surface area contributed by atoms with Gasteiger partial charge in [0.05, 0.1) is 12.1 Å². The molecule has 0 aliphatic carbocycles. The van der Waals surface area contributed by atoms with Gasteiger partial charge in [0.2, 0.25) is 11.8 Å². The van der Waals surface area contributed by atoms with Crippen LogP contribution in [0.5, 0.6) is 0 Å². The molecule has 0 spiro atoms. The fraction of sp³-hybridized carbons (Fsp3) is 0.895. The van der Waals surface area contributed by atoms with Crippen molar-refractivity contribution in [1.82, 2.24) is 20.4 Å². The molecule has 0 saturated carbocycles. The summed E-state index contributed by atoms with van der Waals surface area (Å²) in [6.45, 7) is 18.8. The predicted molar refractivity (Wildman–Crippen MR) is 97.8 cm³/mol. The zero-order valence-corrected chi connectivity index (χ0v) is 16.6. The molecule has 0 amide bonds. The van der Waals surface area contributed by atoms with E-state index in [0.717, 1.165) is 44.3 Å². The van der Waals surface area contributed by atoms with E-state index in [9.17, 15) is 0 Å². The van der Waals surface area contributed by atoms with Crippen LogP contribution in [-0.2, 0) is 0 Å². The molecule has 1 aliphatic heterocycles. The first-order chi connectivity index (χ1) is 11.1. The van der Waals surface area contributed by atoms with Crippen LogP contribution < -0.4 is 5.32 Å². The maximum Gasteiger partial charge on any atom is 0.233 e. The van der Waals surface area contributed by atoms with Gasteiger partial charge in [0.1, 0.15) is 0 Å². The fourth-order valence-electron chi connectivity index (χ4n) is 3.26. The van der Waals surface area contributed by atoms with E-state index < -0.39 is 0 Å². The van der Waals surface area contributed by atoms with Gasteiger partial charge in [-0.15, -0.1) is 10.2 Å². The zero-order valence-electron chi connectivity index (χ0n) is 16.6. The van der Waals surface area contributed by atoms with Gasteiger partial charge in [-0.3, -0.25) is 4.90 Å². The number of aromatic nitrogens is 2. The molecule has 138 valence electrons. The van der Waals surface area contributed by atoms with Crippen LogP contribution in [0.25, 0.3) is 0 Å². The second-order valence-electron chi connectivity index (χ2n) is 9.57. The van der Waals surface area contributed by atoms with Crippen molar-refractivity contribution in [2.24, 2.45) is 10.8 Å². The summed E-state index contributed by atoms with van der Waals surface area (Å²) in [7, 11) is 0. The van der Waals surface area contributed by atoms with E-state index in [-0.39, 0.29) is 22.9 Å². The Kier molecular flexibility index (Phi) is 6.08. The first-order valence-corrected chi connectivity index (χ1v) is 9.40. The molecule has 2 unspecified atom stereocenters. The highest BCUT2D eigenvalue weighted by atomic mass is 16.4. The summed E-state index contributed by atoms with van der Waals surface area (Å²) in [5.74, 6) is 1.53. The second-order valence-corrected chi connectivity index (χ2v) is 9.57. The molecule has 5 heteroatoms. The number of nitrogens with one attached hydrogen (secondary N) is 1. The molecular formula is C19H36N4O. The average Bonchev–Trinajstić information content (AvgIpc) is 3.05. The molecule has 0 bridgehead atoms. The summed E-state index contributed by atoms with van der Waals surface area (Å²) in [5, 5.41) is 12.3. The summed E-state index contributed by atoms with van der Waals surface area (Å²) in [6, 6.07) is 0.425. The van der Waals surface area contributed by atoms with Crippen LogP contribution in [0.4, 0.5) is 0 Å². The van der Waals surface area contributed by atoms with Gasteiger partial charge in [0.15, 0.2) is 0 Å². The van der Waals surface area contributed by atoms with E-state index in [0.29, 0.717) is 0 Å². The van der Waals surface area contributed by atoms with Crippen molar-refractivity contribution < 1.29 is 4.42 Å². The third kappa shape index (κ3) is 5.55. The summed E-state index contributed by atoms with van der Waals surface area (Å²) in [6.07, 6.45) is 3.27. The van der Waals surface area contributed by atoms with E-state index in [1.807, 2.05) is 0 Å². The molecule has 1 N–H and O–H groups in total. The highest BCUT2D eigenvalue weighted by Crippen LogP contribution is 2.34. The summed E-state index contributed by atoms with van der Waals surface area (Å²) < 4.78 is 6.10. The molecule has 1 aromatic heterocycles. The Morgan fingerprint density at radius 2 is 1.88 bits per heavy atom. The molecule has 1 aromatic rings. The smallest absolute Gasteiger partial charge is 0.233 e. The summed E-state index contributed by atoms with van der Waals surface area (Å²) >= 11 is 0. The largest absolute Gasteiger partial charge is 0.422 e. The van der Waals surface area contributed by atoms with Crippen molar-refractivity contribution in [1.29, 1.82) is 0 Å². The fourth-order valence-corrected chi connectivity index (χ4v) is 3.26. The van der Waals surface area contributed by atoms with E-state index >= 15 is 0 Å². The van der Waals surface area contributed by atoms with Crippen LogP contribution in [0.2, 0.25) is 0 Å². The number of nitrogens with zero attached hydrogens (tertiary/aromatic N) is 3. The van der Waals surface area contributed by atoms with Crippen LogP contribution in [0.1, 0.15) is 91.6 Å². The van der Waals surface area contributed by atoms with Gasteiger partial charge in [-0.1, -0.05) is 48.5 Å². The van der Waals surface area contributed by atoms with Gasteiger partial charge in [-0.05, 0) is 36.6 Å². The van der Waals surface area contributed by atoms with Crippen molar-refractivity contribution in [2.75, 3.05) is 19.6 Å². The molecule has 0 aromatic carbocycles. The number of hydrogen-bond donors (Lipinski definition) is 1. The molecule has 1 aliphatic rings. The second kappa shape index (κ2) is 7.52. The van der Waals surface area contributed by atoms with Gasteiger partial charge in [-0.25, -0.2) is 0 Å². The lowest BCUT2D eigenvalue weighted by molar-refractivity contribution is 0.157. The predicted octanol–water partition coefficient (Wildman–Crippen LogP) is 4.34. The van der Waals surface area contributed by atoms with Crippen molar-refractivity contribution >= 4 is 0 Å². The van der Waals surface area contributed by atoms with Gasteiger partial charge < -0.3 is 9.73 Å². The quantitative estimate of drug-likeness (QED) is 0.837. The maximum atomic E-state index is 6.10. The standard InChI is InChI=1S/C19H36N4O/c1-8-14(20-12-18(2,3)4)16-21-22-17(24-16)15-10-9-11-23(15)13-19(5,6)7/h14-15,20H,8-13H2,1-7H3. The number of hydrogen-bond acceptors (Lipinski definition) is 5. The Balaban J connectivity index is 2.05. The first-order valence-electron chi connectivity index (χ1n) is 9.40. The van der Waals surface area contributed by atoms with Crippen molar-refractivity contribution in [3.63, 3.8) is 0 Å². The lowest BCUT2D eigenvalue weighted by atomic mass is 9.96. The van der Waals surface area contributed by atoms with Crippen LogP contribution in [0, 0.1) is 10.8 Å². The Bertz CT molecular complexity index is 512. The minimum Gasteiger partial charge on any atom is -0.422 e. The van der Waals surface area contributed by atoms with Crippen LogP contribution >= 0.6 is 0 Å². The van der Waals surface area contributed by atoms with Crippen LogP contribution in [-0.4, -0.2) is 34.7 Å². The zero-order chi connectivity index (χ0) is 18.0. The van der Waals surface area contributed by atoms with Gasteiger partial charge in [-0.2, -0.15) is 0 Å². The summed E-state index contributed by atoms with van der Waals surface area (Å²) in [4.78, 5) is 2.50. The van der Waals surface area contributed by atoms with Crippen molar-refractivity contribution in [2.45, 2.75) is 79.8 Å². The van der Waals surface area contributed by atoms with E-state index in [1.54, 1.807) is 0 Å². The Hall–Kier alpha value is -0.940. The minimum absolute atomic E-state index is 0.142. The van der Waals surface area contributed by atoms with E-state index in [4.69, 9.17) is 4.42 Å². The lowest BCUT2D eigenvalue weighted by Gasteiger charge is -2.29. The Morgan fingerprint density at radius 3 is 2.46 bits per heavy atom. The Labute approximate surface area is 147 Å². The lowest BCUT2D eigenvalue weighted by Crippen LogP contribution is -2.32. The first kappa shape index (κ1) is 19.4. The molecule has 2 heterocycles. The molecule has 1 saturated heterocycles. The third-order valence-corrected chi connectivity index (χ3v) is 4.37. The van der Waals surface area contributed by atoms with Crippen LogP contribution in [0.15, 0.2) is 4.42 Å². The van der Waals surface area contributed by atoms with Gasteiger partial charge in [0.25, 0.3) is 0 Å². The monoisotopic (exact) mass is 336 g/mol. The Morgan fingerprint density at radius 1 is 1.17 bits per heavy atom. The molecule has 2 rings (SSSR count). The normalized spacial score (nSPS) is 21.4. The molecule has 0 radical (unpaired) electrons. The molecule has 24 heavy (non-hydrogen) atoms. The number of likely N-dealkylation sites (tertiary alicyclic amines) is 1. The average molecular weight is 337 g/mol. The van der Waals surface area contributed by atoms with Gasteiger partial charge >= 0.3 is 0 Å². The number of rotatable bonds is 6. The van der Waals surface area contributed by atoms with Crippen molar-refractivity contribution in [3.05, 3.63) is 11.8 Å². The minimum atomic E-state index is 0.142.